The number of likely N-dealkylation sites (tertiary alicyclic amines) is 1. The van der Waals surface area contributed by atoms with Crippen LogP contribution in [0, 0.1) is 5.82 Å². The minimum Gasteiger partial charge on any atom is -0.336 e. The molecule has 1 aliphatic rings. The molecule has 1 fully saturated rings. The molecule has 5 nitrogen and oxygen atoms in total. The van der Waals surface area contributed by atoms with Crippen molar-refractivity contribution in [2.45, 2.75) is 45.3 Å². The molecule has 3 amide bonds. The van der Waals surface area contributed by atoms with Gasteiger partial charge in [0.1, 0.15) is 5.82 Å². The first-order valence-electron chi connectivity index (χ1n) is 7.35. The molecule has 22 heavy (non-hydrogen) atoms. The first-order chi connectivity index (χ1) is 10.3. The molecule has 0 saturated carbocycles. The van der Waals surface area contributed by atoms with Crippen LogP contribution in [0.2, 0.25) is 0 Å². The van der Waals surface area contributed by atoms with Gasteiger partial charge < -0.3 is 15.5 Å². The average molecular weight is 307 g/mol. The third-order valence-corrected chi connectivity index (χ3v) is 3.67. The molecule has 1 atom stereocenters. The Kier molecular flexibility index (Phi) is 4.68. The first-order valence-corrected chi connectivity index (χ1v) is 7.35. The standard InChI is InChI=1S/C16H22FN3O2/c1-16(2,3)20-10-12(8-14(20)21)19-15(22)18-9-11-6-4-5-7-13(11)17/h4-7,12H,8-10H2,1-3H3,(H2,18,19,22). The van der Waals surface area contributed by atoms with Gasteiger partial charge >= 0.3 is 6.03 Å². The van der Waals surface area contributed by atoms with Gasteiger partial charge in [-0.3, -0.25) is 4.79 Å². The van der Waals surface area contributed by atoms with E-state index in [9.17, 15) is 14.0 Å². The lowest BCUT2D eigenvalue weighted by Gasteiger charge is -2.32. The van der Waals surface area contributed by atoms with Crippen molar-refractivity contribution in [1.29, 1.82) is 0 Å². The van der Waals surface area contributed by atoms with Gasteiger partial charge in [-0.05, 0) is 26.8 Å². The zero-order valence-electron chi connectivity index (χ0n) is 13.1. The van der Waals surface area contributed by atoms with E-state index in [1.807, 2.05) is 20.8 Å². The third kappa shape index (κ3) is 3.96. The molecular weight excluding hydrogens is 285 g/mol. The van der Waals surface area contributed by atoms with Gasteiger partial charge in [-0.25, -0.2) is 9.18 Å². The predicted octanol–water partition coefficient (Wildman–Crippen LogP) is 2.02. The number of urea groups is 1. The van der Waals surface area contributed by atoms with Crippen LogP contribution in [-0.2, 0) is 11.3 Å². The molecule has 0 spiro atoms. The summed E-state index contributed by atoms with van der Waals surface area (Å²) in [6, 6.07) is 5.69. The summed E-state index contributed by atoms with van der Waals surface area (Å²) in [5.41, 5.74) is 0.174. The Morgan fingerprint density at radius 1 is 1.36 bits per heavy atom. The summed E-state index contributed by atoms with van der Waals surface area (Å²) < 4.78 is 13.5. The summed E-state index contributed by atoms with van der Waals surface area (Å²) in [4.78, 5) is 25.6. The van der Waals surface area contributed by atoms with Gasteiger partial charge in [0.25, 0.3) is 0 Å². The lowest BCUT2D eigenvalue weighted by Crippen LogP contribution is -2.46. The maximum absolute atomic E-state index is 13.5. The van der Waals surface area contributed by atoms with Gasteiger partial charge in [-0.15, -0.1) is 0 Å². The second-order valence-electron chi connectivity index (χ2n) is 6.49. The van der Waals surface area contributed by atoms with E-state index in [0.29, 0.717) is 18.5 Å². The van der Waals surface area contributed by atoms with Crippen molar-refractivity contribution >= 4 is 11.9 Å². The number of hydrogen-bond donors (Lipinski definition) is 2. The van der Waals surface area contributed by atoms with Crippen LogP contribution in [0.3, 0.4) is 0 Å². The molecule has 2 N–H and O–H groups in total. The maximum Gasteiger partial charge on any atom is 0.315 e. The largest absolute Gasteiger partial charge is 0.336 e. The molecule has 6 heteroatoms. The fraction of sp³-hybridized carbons (Fsp3) is 0.500. The number of nitrogens with one attached hydrogen (secondary N) is 2. The van der Waals surface area contributed by atoms with Crippen LogP contribution >= 0.6 is 0 Å². The number of halogens is 1. The molecule has 1 unspecified atom stereocenters. The van der Waals surface area contributed by atoms with Gasteiger partial charge in [0.2, 0.25) is 5.91 Å². The molecule has 1 aliphatic heterocycles. The van der Waals surface area contributed by atoms with Gasteiger partial charge in [0.05, 0.1) is 6.04 Å². The lowest BCUT2D eigenvalue weighted by atomic mass is 10.1. The van der Waals surface area contributed by atoms with Crippen molar-refractivity contribution < 1.29 is 14.0 Å². The smallest absolute Gasteiger partial charge is 0.315 e. The Labute approximate surface area is 129 Å². The van der Waals surface area contributed by atoms with E-state index < -0.39 is 6.03 Å². The topological polar surface area (TPSA) is 61.4 Å². The van der Waals surface area contributed by atoms with Crippen LogP contribution in [0.25, 0.3) is 0 Å². The highest BCUT2D eigenvalue weighted by molar-refractivity contribution is 5.82. The number of carbonyl (C=O) groups is 2. The molecule has 1 aromatic rings. The molecular formula is C16H22FN3O2. The number of rotatable bonds is 3. The van der Waals surface area contributed by atoms with Crippen molar-refractivity contribution in [2.75, 3.05) is 6.54 Å². The molecule has 1 saturated heterocycles. The minimum absolute atomic E-state index is 0.0342. The van der Waals surface area contributed by atoms with Gasteiger partial charge in [0, 0.05) is 30.6 Å². The highest BCUT2D eigenvalue weighted by Crippen LogP contribution is 2.21. The Morgan fingerprint density at radius 2 is 2.05 bits per heavy atom. The van der Waals surface area contributed by atoms with E-state index in [2.05, 4.69) is 10.6 Å². The van der Waals surface area contributed by atoms with Crippen LogP contribution in [-0.4, -0.2) is 35.0 Å². The van der Waals surface area contributed by atoms with Crippen LogP contribution in [0.15, 0.2) is 24.3 Å². The summed E-state index contributed by atoms with van der Waals surface area (Å²) in [6.45, 7) is 6.50. The Bertz CT molecular complexity index is 569. The first kappa shape index (κ1) is 16.3. The molecule has 1 heterocycles. The summed E-state index contributed by atoms with van der Waals surface area (Å²) in [5.74, 6) is -0.315. The normalized spacial score (nSPS) is 18.5. The van der Waals surface area contributed by atoms with Crippen molar-refractivity contribution in [3.63, 3.8) is 0 Å². The van der Waals surface area contributed by atoms with Crippen molar-refractivity contribution in [1.82, 2.24) is 15.5 Å². The number of amides is 3. The average Bonchev–Trinajstić information content (AvgIpc) is 2.78. The van der Waals surface area contributed by atoms with Crippen molar-refractivity contribution in [3.05, 3.63) is 35.6 Å². The fourth-order valence-electron chi connectivity index (χ4n) is 2.51. The highest BCUT2D eigenvalue weighted by atomic mass is 19.1. The SMILES string of the molecule is CC(C)(C)N1CC(NC(=O)NCc2ccccc2F)CC1=O. The summed E-state index contributed by atoms with van der Waals surface area (Å²) in [6.07, 6.45) is 0.296. The van der Waals surface area contributed by atoms with E-state index in [-0.39, 0.29) is 29.8 Å². The van der Waals surface area contributed by atoms with E-state index in [0.717, 1.165) is 0 Å². The van der Waals surface area contributed by atoms with Gasteiger partial charge in [-0.2, -0.15) is 0 Å². The van der Waals surface area contributed by atoms with Crippen LogP contribution in [0.5, 0.6) is 0 Å². The second-order valence-corrected chi connectivity index (χ2v) is 6.49. The van der Waals surface area contributed by atoms with Crippen molar-refractivity contribution in [2.24, 2.45) is 0 Å². The Balaban J connectivity index is 1.84. The number of benzene rings is 1. The minimum atomic E-state index is -0.392. The maximum atomic E-state index is 13.5. The zero-order chi connectivity index (χ0) is 16.3. The molecule has 120 valence electrons. The van der Waals surface area contributed by atoms with E-state index in [1.165, 1.54) is 6.07 Å². The quantitative estimate of drug-likeness (QED) is 0.897. The van der Waals surface area contributed by atoms with E-state index in [1.54, 1.807) is 23.1 Å². The van der Waals surface area contributed by atoms with E-state index in [4.69, 9.17) is 0 Å². The Hall–Kier alpha value is -2.11. The summed E-state index contributed by atoms with van der Waals surface area (Å²) in [7, 11) is 0. The zero-order valence-corrected chi connectivity index (χ0v) is 13.1. The van der Waals surface area contributed by atoms with E-state index >= 15 is 0 Å². The van der Waals surface area contributed by atoms with Gasteiger partial charge in [-0.1, -0.05) is 18.2 Å². The monoisotopic (exact) mass is 307 g/mol. The van der Waals surface area contributed by atoms with Crippen LogP contribution in [0.4, 0.5) is 9.18 Å². The fourth-order valence-corrected chi connectivity index (χ4v) is 2.51. The highest BCUT2D eigenvalue weighted by Gasteiger charge is 2.36. The summed E-state index contributed by atoms with van der Waals surface area (Å²) >= 11 is 0. The number of hydrogen-bond acceptors (Lipinski definition) is 2. The lowest BCUT2D eigenvalue weighted by molar-refractivity contribution is -0.131. The second kappa shape index (κ2) is 6.34. The molecule has 2 rings (SSSR count). The van der Waals surface area contributed by atoms with Gasteiger partial charge in [0.15, 0.2) is 0 Å². The molecule has 0 aromatic heterocycles. The van der Waals surface area contributed by atoms with Crippen molar-refractivity contribution in [3.8, 4) is 0 Å². The van der Waals surface area contributed by atoms with Crippen LogP contribution < -0.4 is 10.6 Å². The number of nitrogens with zero attached hydrogens (tertiary/aromatic N) is 1. The molecule has 0 radical (unpaired) electrons. The number of carbonyl (C=O) groups excluding carboxylic acids is 2. The predicted molar refractivity (Wildman–Crippen MR) is 81.6 cm³/mol. The molecule has 1 aromatic carbocycles. The molecule has 0 aliphatic carbocycles. The summed E-state index contributed by atoms with van der Waals surface area (Å²) in [5, 5.41) is 5.38. The third-order valence-electron chi connectivity index (χ3n) is 3.67. The van der Waals surface area contributed by atoms with Crippen LogP contribution in [0.1, 0.15) is 32.8 Å². The Morgan fingerprint density at radius 3 is 2.64 bits per heavy atom. The molecule has 0 bridgehead atoms.